The highest BCUT2D eigenvalue weighted by atomic mass is 16.1. The van der Waals surface area contributed by atoms with Crippen LogP contribution in [0.1, 0.15) is 29.3 Å². The second-order valence-electron chi connectivity index (χ2n) is 4.66. The predicted octanol–water partition coefficient (Wildman–Crippen LogP) is 3.93. The van der Waals surface area contributed by atoms with Crippen molar-refractivity contribution in [2.75, 3.05) is 17.7 Å². The van der Waals surface area contributed by atoms with Gasteiger partial charge in [-0.1, -0.05) is 43.7 Å². The monoisotopic (exact) mass is 268 g/mol. The molecule has 2 rings (SSSR count). The number of hydrogen-bond acceptors (Lipinski definition) is 2. The van der Waals surface area contributed by atoms with E-state index in [2.05, 4.69) is 23.6 Å². The summed E-state index contributed by atoms with van der Waals surface area (Å²) in [5.41, 5.74) is 3.55. The largest absolute Gasteiger partial charge is 0.387 e. The molecular formula is C17H20N2O. The van der Waals surface area contributed by atoms with Crippen LogP contribution in [0.25, 0.3) is 0 Å². The Balaban J connectivity index is 2.24. The van der Waals surface area contributed by atoms with E-state index in [9.17, 15) is 4.79 Å². The molecule has 0 fully saturated rings. The Morgan fingerprint density at radius 1 is 1.00 bits per heavy atom. The van der Waals surface area contributed by atoms with Gasteiger partial charge in [-0.3, -0.25) is 4.79 Å². The van der Waals surface area contributed by atoms with Crippen molar-refractivity contribution >= 4 is 17.3 Å². The Kier molecular flexibility index (Phi) is 4.77. The van der Waals surface area contributed by atoms with Crippen molar-refractivity contribution in [1.29, 1.82) is 0 Å². The molecule has 3 heteroatoms. The molecule has 0 heterocycles. The third-order valence-electron chi connectivity index (χ3n) is 3.23. The van der Waals surface area contributed by atoms with Crippen LogP contribution < -0.4 is 10.6 Å². The third-order valence-corrected chi connectivity index (χ3v) is 3.23. The van der Waals surface area contributed by atoms with Crippen molar-refractivity contribution in [2.45, 2.75) is 19.8 Å². The SMILES string of the molecule is CCCc1ccccc1NC(=O)c1ccccc1NC. The van der Waals surface area contributed by atoms with Gasteiger partial charge in [-0.25, -0.2) is 0 Å². The first-order chi connectivity index (χ1) is 9.76. The van der Waals surface area contributed by atoms with Crippen molar-refractivity contribution in [2.24, 2.45) is 0 Å². The van der Waals surface area contributed by atoms with Crippen LogP contribution in [0.3, 0.4) is 0 Å². The number of aryl methyl sites for hydroxylation is 1. The van der Waals surface area contributed by atoms with E-state index in [0.29, 0.717) is 5.56 Å². The lowest BCUT2D eigenvalue weighted by Gasteiger charge is -2.12. The quantitative estimate of drug-likeness (QED) is 0.862. The molecular weight excluding hydrogens is 248 g/mol. The van der Waals surface area contributed by atoms with E-state index in [1.165, 1.54) is 5.56 Å². The van der Waals surface area contributed by atoms with Crippen LogP contribution in [0.15, 0.2) is 48.5 Å². The fourth-order valence-corrected chi connectivity index (χ4v) is 2.22. The minimum Gasteiger partial charge on any atom is -0.387 e. The van der Waals surface area contributed by atoms with Crippen molar-refractivity contribution < 1.29 is 4.79 Å². The molecule has 0 aliphatic rings. The van der Waals surface area contributed by atoms with Crippen LogP contribution in [-0.2, 0) is 6.42 Å². The fraction of sp³-hybridized carbons (Fsp3) is 0.235. The topological polar surface area (TPSA) is 41.1 Å². The molecule has 3 nitrogen and oxygen atoms in total. The number of carbonyl (C=O) groups excluding carboxylic acids is 1. The van der Waals surface area contributed by atoms with Crippen molar-refractivity contribution in [3.63, 3.8) is 0 Å². The summed E-state index contributed by atoms with van der Waals surface area (Å²) in [6.45, 7) is 2.13. The summed E-state index contributed by atoms with van der Waals surface area (Å²) < 4.78 is 0. The standard InChI is InChI=1S/C17H20N2O/c1-3-8-13-9-4-6-11-15(13)19-17(20)14-10-5-7-12-16(14)18-2/h4-7,9-12,18H,3,8H2,1-2H3,(H,19,20). The lowest BCUT2D eigenvalue weighted by molar-refractivity contribution is 0.102. The van der Waals surface area contributed by atoms with Crippen LogP contribution in [0, 0.1) is 0 Å². The highest BCUT2D eigenvalue weighted by Crippen LogP contribution is 2.20. The van der Waals surface area contributed by atoms with Gasteiger partial charge < -0.3 is 10.6 Å². The Bertz CT molecular complexity index is 593. The molecule has 0 atom stereocenters. The van der Waals surface area contributed by atoms with Crippen LogP contribution in [-0.4, -0.2) is 13.0 Å². The number of amides is 1. The van der Waals surface area contributed by atoms with Crippen LogP contribution in [0.2, 0.25) is 0 Å². The van der Waals surface area contributed by atoms with Gasteiger partial charge in [0.1, 0.15) is 0 Å². The van der Waals surface area contributed by atoms with Gasteiger partial charge in [0.15, 0.2) is 0 Å². The van der Waals surface area contributed by atoms with Gasteiger partial charge in [-0.15, -0.1) is 0 Å². The van der Waals surface area contributed by atoms with Gasteiger partial charge in [0.25, 0.3) is 5.91 Å². The molecule has 0 spiro atoms. The first-order valence-corrected chi connectivity index (χ1v) is 6.92. The molecule has 0 radical (unpaired) electrons. The highest BCUT2D eigenvalue weighted by Gasteiger charge is 2.11. The van der Waals surface area contributed by atoms with Gasteiger partial charge >= 0.3 is 0 Å². The summed E-state index contributed by atoms with van der Waals surface area (Å²) in [7, 11) is 1.82. The smallest absolute Gasteiger partial charge is 0.257 e. The summed E-state index contributed by atoms with van der Waals surface area (Å²) in [4.78, 5) is 12.4. The number of nitrogens with one attached hydrogen (secondary N) is 2. The first-order valence-electron chi connectivity index (χ1n) is 6.92. The summed E-state index contributed by atoms with van der Waals surface area (Å²) >= 11 is 0. The van der Waals surface area contributed by atoms with Crippen molar-refractivity contribution in [3.8, 4) is 0 Å². The molecule has 2 N–H and O–H groups in total. The maximum atomic E-state index is 12.4. The first kappa shape index (κ1) is 14.1. The average Bonchev–Trinajstić information content (AvgIpc) is 2.49. The summed E-state index contributed by atoms with van der Waals surface area (Å²) in [6, 6.07) is 15.5. The van der Waals surface area contributed by atoms with E-state index in [0.717, 1.165) is 24.2 Å². The molecule has 1 amide bonds. The van der Waals surface area contributed by atoms with E-state index in [1.54, 1.807) is 0 Å². The van der Waals surface area contributed by atoms with E-state index < -0.39 is 0 Å². The zero-order valence-corrected chi connectivity index (χ0v) is 11.9. The molecule has 104 valence electrons. The number of carbonyl (C=O) groups is 1. The minimum atomic E-state index is -0.0847. The molecule has 0 aliphatic heterocycles. The van der Waals surface area contributed by atoms with E-state index in [4.69, 9.17) is 0 Å². The van der Waals surface area contributed by atoms with Gasteiger partial charge in [-0.05, 0) is 30.2 Å². The Hall–Kier alpha value is -2.29. The van der Waals surface area contributed by atoms with E-state index in [1.807, 2.05) is 49.5 Å². The van der Waals surface area contributed by atoms with Gasteiger partial charge in [-0.2, -0.15) is 0 Å². The van der Waals surface area contributed by atoms with Crippen LogP contribution in [0.4, 0.5) is 11.4 Å². The lowest BCUT2D eigenvalue weighted by atomic mass is 10.1. The molecule has 20 heavy (non-hydrogen) atoms. The molecule has 0 aromatic heterocycles. The number of hydrogen-bond donors (Lipinski definition) is 2. The molecule has 0 aliphatic carbocycles. The fourth-order valence-electron chi connectivity index (χ4n) is 2.22. The second kappa shape index (κ2) is 6.75. The summed E-state index contributed by atoms with van der Waals surface area (Å²) in [5, 5.41) is 6.05. The van der Waals surface area contributed by atoms with Gasteiger partial charge in [0, 0.05) is 18.4 Å². The van der Waals surface area contributed by atoms with E-state index in [-0.39, 0.29) is 5.91 Å². The van der Waals surface area contributed by atoms with Crippen LogP contribution >= 0.6 is 0 Å². The lowest BCUT2D eigenvalue weighted by Crippen LogP contribution is -2.15. The Morgan fingerprint density at radius 3 is 2.35 bits per heavy atom. The summed E-state index contributed by atoms with van der Waals surface area (Å²) in [5.74, 6) is -0.0847. The maximum Gasteiger partial charge on any atom is 0.257 e. The minimum absolute atomic E-state index is 0.0847. The third kappa shape index (κ3) is 3.18. The number of anilines is 2. The molecule has 0 bridgehead atoms. The predicted molar refractivity (Wildman–Crippen MR) is 84.4 cm³/mol. The molecule has 0 saturated carbocycles. The number of rotatable bonds is 5. The Labute approximate surface area is 120 Å². The van der Waals surface area contributed by atoms with E-state index >= 15 is 0 Å². The zero-order valence-electron chi connectivity index (χ0n) is 11.9. The summed E-state index contributed by atoms with van der Waals surface area (Å²) in [6.07, 6.45) is 2.02. The maximum absolute atomic E-state index is 12.4. The highest BCUT2D eigenvalue weighted by molar-refractivity contribution is 6.08. The van der Waals surface area contributed by atoms with Crippen molar-refractivity contribution in [3.05, 3.63) is 59.7 Å². The zero-order chi connectivity index (χ0) is 14.4. The van der Waals surface area contributed by atoms with Crippen LogP contribution in [0.5, 0.6) is 0 Å². The van der Waals surface area contributed by atoms with Gasteiger partial charge in [0.05, 0.1) is 5.56 Å². The average molecular weight is 268 g/mol. The molecule has 0 unspecified atom stereocenters. The van der Waals surface area contributed by atoms with Crippen molar-refractivity contribution in [1.82, 2.24) is 0 Å². The second-order valence-corrected chi connectivity index (χ2v) is 4.66. The normalized spacial score (nSPS) is 10.1. The number of benzene rings is 2. The molecule has 0 saturated heterocycles. The Morgan fingerprint density at radius 2 is 1.65 bits per heavy atom. The molecule has 2 aromatic rings. The van der Waals surface area contributed by atoms with Gasteiger partial charge in [0.2, 0.25) is 0 Å². The number of para-hydroxylation sites is 2. The molecule has 2 aromatic carbocycles.